The number of nitrogen functional groups attached to an aromatic ring is 1. The van der Waals surface area contributed by atoms with Crippen molar-refractivity contribution in [3.05, 3.63) is 11.4 Å². The number of nitrogens with two attached hydrogens (primary N) is 1. The van der Waals surface area contributed by atoms with Crippen LogP contribution in [0.3, 0.4) is 0 Å². The normalized spacial score (nSPS) is 28.8. The molecule has 2 N–H and O–H groups in total. The van der Waals surface area contributed by atoms with E-state index in [1.54, 1.807) is 14.0 Å². The summed E-state index contributed by atoms with van der Waals surface area (Å²) < 4.78 is 6.97. The van der Waals surface area contributed by atoms with Gasteiger partial charge in [-0.1, -0.05) is 6.42 Å². The first-order valence-corrected chi connectivity index (χ1v) is 7.02. The standard InChI is InChI=1S/C14H21N3O2/c1-8-12(15)13(17(2)16-8)14(18)19-7-11-6-9-3-4-10(11)5-9/h9-11H,3-7,15H2,1-2H3. The van der Waals surface area contributed by atoms with E-state index in [0.29, 0.717) is 29.6 Å². The highest BCUT2D eigenvalue weighted by Crippen LogP contribution is 2.48. The van der Waals surface area contributed by atoms with Crippen LogP contribution in [-0.4, -0.2) is 22.4 Å². The van der Waals surface area contributed by atoms with Crippen molar-refractivity contribution in [2.45, 2.75) is 32.6 Å². The Hall–Kier alpha value is -1.52. The molecule has 2 fully saturated rings. The molecule has 0 aliphatic heterocycles. The SMILES string of the molecule is Cc1nn(C)c(C(=O)OCC2CC3CCC2C3)c1N. The molecule has 0 radical (unpaired) electrons. The number of anilines is 1. The van der Waals surface area contributed by atoms with Crippen molar-refractivity contribution < 1.29 is 9.53 Å². The number of fused-ring (bicyclic) bond motifs is 2. The largest absolute Gasteiger partial charge is 0.461 e. The van der Waals surface area contributed by atoms with Crippen LogP contribution < -0.4 is 5.73 Å². The van der Waals surface area contributed by atoms with Crippen molar-refractivity contribution in [3.63, 3.8) is 0 Å². The number of aryl methyl sites for hydroxylation is 2. The molecule has 3 atom stereocenters. The zero-order valence-corrected chi connectivity index (χ0v) is 11.6. The van der Waals surface area contributed by atoms with E-state index in [0.717, 1.165) is 11.8 Å². The van der Waals surface area contributed by atoms with Gasteiger partial charge in [0.15, 0.2) is 5.69 Å². The molecule has 3 rings (SSSR count). The van der Waals surface area contributed by atoms with Gasteiger partial charge in [-0.3, -0.25) is 4.68 Å². The first kappa shape index (κ1) is 12.5. The first-order valence-electron chi connectivity index (χ1n) is 7.02. The lowest BCUT2D eigenvalue weighted by Crippen LogP contribution is -2.21. The highest BCUT2D eigenvalue weighted by Gasteiger charge is 2.40. The molecule has 2 aliphatic carbocycles. The predicted octanol–water partition coefficient (Wildman–Crippen LogP) is 1.90. The summed E-state index contributed by atoms with van der Waals surface area (Å²) in [6, 6.07) is 0. The van der Waals surface area contributed by atoms with Gasteiger partial charge in [-0.2, -0.15) is 5.10 Å². The summed E-state index contributed by atoms with van der Waals surface area (Å²) in [6.07, 6.45) is 5.22. The third-order valence-electron chi connectivity index (χ3n) is 4.77. The molecule has 0 saturated heterocycles. The van der Waals surface area contributed by atoms with Crippen molar-refractivity contribution in [1.82, 2.24) is 9.78 Å². The highest BCUT2D eigenvalue weighted by atomic mass is 16.5. The Morgan fingerprint density at radius 3 is 2.79 bits per heavy atom. The van der Waals surface area contributed by atoms with Crippen LogP contribution in [0.4, 0.5) is 5.69 Å². The molecule has 3 unspecified atom stereocenters. The van der Waals surface area contributed by atoms with Crippen molar-refractivity contribution in [1.29, 1.82) is 0 Å². The molecule has 104 valence electrons. The minimum Gasteiger partial charge on any atom is -0.461 e. The van der Waals surface area contributed by atoms with E-state index in [-0.39, 0.29) is 5.97 Å². The molecule has 5 nitrogen and oxygen atoms in total. The van der Waals surface area contributed by atoms with Crippen molar-refractivity contribution in [2.24, 2.45) is 24.8 Å². The van der Waals surface area contributed by atoms with Gasteiger partial charge in [0.05, 0.1) is 18.0 Å². The number of esters is 1. The Labute approximate surface area is 113 Å². The van der Waals surface area contributed by atoms with E-state index < -0.39 is 0 Å². The third-order valence-corrected chi connectivity index (χ3v) is 4.77. The van der Waals surface area contributed by atoms with E-state index in [1.165, 1.54) is 30.4 Å². The van der Waals surface area contributed by atoms with Crippen LogP contribution in [0, 0.1) is 24.7 Å². The number of ether oxygens (including phenoxy) is 1. The summed E-state index contributed by atoms with van der Waals surface area (Å²) in [5, 5.41) is 4.14. The van der Waals surface area contributed by atoms with Gasteiger partial charge in [0.2, 0.25) is 0 Å². The zero-order chi connectivity index (χ0) is 13.6. The molecule has 1 aromatic heterocycles. The van der Waals surface area contributed by atoms with Crippen LogP contribution in [0.2, 0.25) is 0 Å². The van der Waals surface area contributed by atoms with Crippen LogP contribution in [0.1, 0.15) is 41.9 Å². The summed E-state index contributed by atoms with van der Waals surface area (Å²) >= 11 is 0. The summed E-state index contributed by atoms with van der Waals surface area (Å²) in [6.45, 7) is 2.33. The van der Waals surface area contributed by atoms with Gasteiger partial charge in [0.25, 0.3) is 0 Å². The summed E-state index contributed by atoms with van der Waals surface area (Å²) in [4.78, 5) is 12.1. The molecular formula is C14H21N3O2. The smallest absolute Gasteiger partial charge is 0.358 e. The minimum atomic E-state index is -0.344. The molecule has 0 aromatic carbocycles. The highest BCUT2D eigenvalue weighted by molar-refractivity contribution is 5.93. The second-order valence-electron chi connectivity index (χ2n) is 6.00. The number of nitrogens with zero attached hydrogens (tertiary/aromatic N) is 2. The number of aromatic nitrogens is 2. The summed E-state index contributed by atoms with van der Waals surface area (Å²) in [5.41, 5.74) is 7.35. The number of carbonyl (C=O) groups is 1. The fourth-order valence-electron chi connectivity index (χ4n) is 3.75. The van der Waals surface area contributed by atoms with Gasteiger partial charge in [-0.05, 0) is 43.9 Å². The molecule has 1 aromatic rings. The molecule has 2 bridgehead atoms. The lowest BCUT2D eigenvalue weighted by Gasteiger charge is -2.21. The van der Waals surface area contributed by atoms with Gasteiger partial charge >= 0.3 is 5.97 Å². The molecule has 5 heteroatoms. The Balaban J connectivity index is 1.62. The van der Waals surface area contributed by atoms with Gasteiger partial charge in [0.1, 0.15) is 0 Å². The Bertz CT molecular complexity index is 509. The number of hydrogen-bond acceptors (Lipinski definition) is 4. The average Bonchev–Trinajstić information content (AvgIpc) is 3.03. The fourth-order valence-corrected chi connectivity index (χ4v) is 3.75. The Morgan fingerprint density at radius 2 is 2.26 bits per heavy atom. The fraction of sp³-hybridized carbons (Fsp3) is 0.714. The quantitative estimate of drug-likeness (QED) is 0.846. The lowest BCUT2D eigenvalue weighted by atomic mass is 9.90. The monoisotopic (exact) mass is 263 g/mol. The average molecular weight is 263 g/mol. The van der Waals surface area contributed by atoms with Crippen LogP contribution >= 0.6 is 0 Å². The van der Waals surface area contributed by atoms with E-state index in [2.05, 4.69) is 5.10 Å². The number of hydrogen-bond donors (Lipinski definition) is 1. The number of carbonyl (C=O) groups excluding carboxylic acids is 1. The summed E-state index contributed by atoms with van der Waals surface area (Å²) in [5.74, 6) is 1.85. The van der Waals surface area contributed by atoms with Gasteiger partial charge in [-0.15, -0.1) is 0 Å². The Kier molecular flexibility index (Phi) is 2.99. The van der Waals surface area contributed by atoms with Crippen molar-refractivity contribution in [3.8, 4) is 0 Å². The van der Waals surface area contributed by atoms with E-state index in [1.807, 2.05) is 0 Å². The molecule has 19 heavy (non-hydrogen) atoms. The van der Waals surface area contributed by atoms with E-state index in [4.69, 9.17) is 10.5 Å². The van der Waals surface area contributed by atoms with Crippen LogP contribution in [0.5, 0.6) is 0 Å². The van der Waals surface area contributed by atoms with Crippen LogP contribution in [0.25, 0.3) is 0 Å². The van der Waals surface area contributed by atoms with Crippen molar-refractivity contribution >= 4 is 11.7 Å². The van der Waals surface area contributed by atoms with E-state index >= 15 is 0 Å². The summed E-state index contributed by atoms with van der Waals surface area (Å²) in [7, 11) is 1.72. The lowest BCUT2D eigenvalue weighted by molar-refractivity contribution is 0.0383. The Morgan fingerprint density at radius 1 is 1.47 bits per heavy atom. The molecule has 0 spiro atoms. The molecular weight excluding hydrogens is 242 g/mol. The second-order valence-corrected chi connectivity index (χ2v) is 6.00. The van der Waals surface area contributed by atoms with Gasteiger partial charge in [0, 0.05) is 7.05 Å². The van der Waals surface area contributed by atoms with Crippen LogP contribution in [0.15, 0.2) is 0 Å². The maximum Gasteiger partial charge on any atom is 0.358 e. The molecule has 1 heterocycles. The molecule has 2 saturated carbocycles. The van der Waals surface area contributed by atoms with Crippen LogP contribution in [-0.2, 0) is 11.8 Å². The van der Waals surface area contributed by atoms with Gasteiger partial charge < -0.3 is 10.5 Å². The number of rotatable bonds is 3. The van der Waals surface area contributed by atoms with Crippen molar-refractivity contribution in [2.75, 3.05) is 12.3 Å². The van der Waals surface area contributed by atoms with Gasteiger partial charge in [-0.25, -0.2) is 4.79 Å². The maximum atomic E-state index is 12.1. The first-order chi connectivity index (χ1) is 9.06. The minimum absolute atomic E-state index is 0.344. The second kappa shape index (κ2) is 4.54. The zero-order valence-electron chi connectivity index (χ0n) is 11.6. The molecule has 2 aliphatic rings. The maximum absolute atomic E-state index is 12.1. The molecule has 0 amide bonds. The predicted molar refractivity (Wildman–Crippen MR) is 71.6 cm³/mol. The van der Waals surface area contributed by atoms with E-state index in [9.17, 15) is 4.79 Å². The third kappa shape index (κ3) is 2.11. The topological polar surface area (TPSA) is 70.1 Å².